The predicted molar refractivity (Wildman–Crippen MR) is 127 cm³/mol. The lowest BCUT2D eigenvalue weighted by Crippen LogP contribution is -2.41. The summed E-state index contributed by atoms with van der Waals surface area (Å²) in [4.78, 5) is 8.97. The molecular formula is C25H25FN4OS. The van der Waals surface area contributed by atoms with Gasteiger partial charge in [0.2, 0.25) is 0 Å². The summed E-state index contributed by atoms with van der Waals surface area (Å²) in [6.07, 6.45) is 0.786. The summed E-state index contributed by atoms with van der Waals surface area (Å²) in [5, 5.41) is 18.1. The van der Waals surface area contributed by atoms with Crippen molar-refractivity contribution < 1.29 is 9.50 Å². The highest BCUT2D eigenvalue weighted by molar-refractivity contribution is 7.13. The molecule has 0 saturated carbocycles. The van der Waals surface area contributed by atoms with E-state index in [0.29, 0.717) is 12.2 Å². The monoisotopic (exact) mass is 448 g/mol. The molecule has 4 aromatic rings. The molecule has 5 rings (SSSR count). The van der Waals surface area contributed by atoms with Crippen LogP contribution in [0.25, 0.3) is 27.2 Å². The predicted octanol–water partition coefficient (Wildman–Crippen LogP) is 3.22. The Kier molecular flexibility index (Phi) is 5.45. The summed E-state index contributed by atoms with van der Waals surface area (Å²) in [6, 6.07) is 13.4. The first kappa shape index (κ1) is 20.7. The van der Waals surface area contributed by atoms with E-state index in [1.165, 1.54) is 6.07 Å². The zero-order valence-electron chi connectivity index (χ0n) is 18.1. The van der Waals surface area contributed by atoms with Crippen molar-refractivity contribution in [2.75, 3.05) is 13.2 Å². The molecular weight excluding hydrogens is 423 g/mol. The number of fused-ring (bicyclic) bond motifs is 2. The van der Waals surface area contributed by atoms with E-state index in [0.717, 1.165) is 66.9 Å². The second-order valence-corrected chi connectivity index (χ2v) is 9.12. The van der Waals surface area contributed by atoms with Gasteiger partial charge in [-0.05, 0) is 54.7 Å². The third-order valence-corrected chi connectivity index (χ3v) is 7.16. The molecule has 0 fully saturated rings. The van der Waals surface area contributed by atoms with Crippen LogP contribution in [0.5, 0.6) is 0 Å². The van der Waals surface area contributed by atoms with Gasteiger partial charge in [0.25, 0.3) is 0 Å². The van der Waals surface area contributed by atoms with Gasteiger partial charge in [0.05, 0.1) is 22.0 Å². The molecule has 1 aliphatic rings. The number of nitrogens with zero attached hydrogens (tertiary/aromatic N) is 1. The van der Waals surface area contributed by atoms with Crippen LogP contribution in [0.1, 0.15) is 22.4 Å². The standard InChI is InChI=1S/C25H25FN4OS/c1-14-3-8-19(26)23-22(14)18(15(2)30-23)9-10-27-25-24-20(28-13-29-25)11-21(32-24)17-6-4-16(12-31)5-7-17/h3-8,11,27,29-31H,9-10,12-13H2,1-2H3. The maximum atomic E-state index is 14.2. The third kappa shape index (κ3) is 3.67. The molecule has 0 amide bonds. The highest BCUT2D eigenvalue weighted by Gasteiger charge is 2.15. The molecule has 2 aromatic heterocycles. The smallest absolute Gasteiger partial charge is 0.147 e. The van der Waals surface area contributed by atoms with Crippen LogP contribution >= 0.6 is 11.3 Å². The number of thiophene rings is 1. The maximum absolute atomic E-state index is 14.2. The Morgan fingerprint density at radius 2 is 1.97 bits per heavy atom. The molecule has 4 N–H and O–H groups in total. The normalized spacial score (nSPS) is 13.1. The van der Waals surface area contributed by atoms with E-state index in [2.05, 4.69) is 26.7 Å². The highest BCUT2D eigenvalue weighted by atomic mass is 32.1. The van der Waals surface area contributed by atoms with Gasteiger partial charge in [-0.25, -0.2) is 4.39 Å². The number of hydrogen-bond acceptors (Lipinski definition) is 5. The Balaban J connectivity index is 1.41. The van der Waals surface area contributed by atoms with E-state index >= 15 is 0 Å². The summed E-state index contributed by atoms with van der Waals surface area (Å²) in [7, 11) is 0. The summed E-state index contributed by atoms with van der Waals surface area (Å²) >= 11 is 1.69. The van der Waals surface area contributed by atoms with Crippen LogP contribution in [0.15, 0.2) is 47.5 Å². The Morgan fingerprint density at radius 1 is 1.16 bits per heavy atom. The molecule has 1 aliphatic heterocycles. The molecule has 3 heterocycles. The highest BCUT2D eigenvalue weighted by Crippen LogP contribution is 2.28. The number of aromatic nitrogens is 1. The number of benzene rings is 2. The Hall–Kier alpha value is -3.16. The molecule has 0 saturated heterocycles. The number of aliphatic hydroxyl groups is 1. The lowest BCUT2D eigenvalue weighted by Gasteiger charge is -2.14. The number of hydrogen-bond donors (Lipinski definition) is 4. The first-order valence-corrected chi connectivity index (χ1v) is 11.5. The lowest BCUT2D eigenvalue weighted by molar-refractivity contribution is 0.282. The molecule has 0 radical (unpaired) electrons. The SMILES string of the molecule is Cc1[nH]c2c(F)ccc(C)c2c1CCNC1=c2sc(-c3ccc(CO)cc3)cc2=NCN1. The van der Waals surface area contributed by atoms with Gasteiger partial charge in [0.15, 0.2) is 0 Å². The number of aryl methyl sites for hydroxylation is 2. The van der Waals surface area contributed by atoms with Crippen LogP contribution in [0, 0.1) is 19.7 Å². The lowest BCUT2D eigenvalue weighted by atomic mass is 10.0. The minimum atomic E-state index is -0.208. The first-order valence-electron chi connectivity index (χ1n) is 10.7. The van der Waals surface area contributed by atoms with Crippen LogP contribution < -0.4 is 20.5 Å². The van der Waals surface area contributed by atoms with Gasteiger partial charge in [-0.2, -0.15) is 0 Å². The quantitative estimate of drug-likeness (QED) is 0.366. The second kappa shape index (κ2) is 8.41. The zero-order valence-corrected chi connectivity index (χ0v) is 18.9. The van der Waals surface area contributed by atoms with Crippen molar-refractivity contribution >= 4 is 28.1 Å². The molecule has 0 aliphatic carbocycles. The fourth-order valence-electron chi connectivity index (χ4n) is 4.29. The Bertz CT molecular complexity index is 1420. The van der Waals surface area contributed by atoms with E-state index in [1.807, 2.05) is 44.2 Å². The van der Waals surface area contributed by atoms with E-state index in [-0.39, 0.29) is 12.4 Å². The number of halogens is 1. The molecule has 0 unspecified atom stereocenters. The maximum Gasteiger partial charge on any atom is 0.147 e. The van der Waals surface area contributed by atoms with Crippen molar-refractivity contribution in [2.24, 2.45) is 4.99 Å². The van der Waals surface area contributed by atoms with Gasteiger partial charge in [-0.15, -0.1) is 11.3 Å². The topological polar surface area (TPSA) is 72.4 Å². The number of aromatic amines is 1. The van der Waals surface area contributed by atoms with Gasteiger partial charge in [0, 0.05) is 22.5 Å². The molecule has 164 valence electrons. The molecule has 2 aromatic carbocycles. The molecule has 5 nitrogen and oxygen atoms in total. The number of rotatable bonds is 6. The summed E-state index contributed by atoms with van der Waals surface area (Å²) in [5.41, 5.74) is 5.86. The van der Waals surface area contributed by atoms with Gasteiger partial charge in [-0.3, -0.25) is 4.99 Å². The van der Waals surface area contributed by atoms with Crippen molar-refractivity contribution in [1.82, 2.24) is 15.6 Å². The largest absolute Gasteiger partial charge is 0.392 e. The number of nitrogens with one attached hydrogen (secondary N) is 3. The Labute approximate surface area is 189 Å². The van der Waals surface area contributed by atoms with Crippen LogP contribution in [0.3, 0.4) is 0 Å². The molecule has 0 atom stereocenters. The fourth-order valence-corrected chi connectivity index (χ4v) is 5.41. The second-order valence-electron chi connectivity index (χ2n) is 8.07. The number of aliphatic hydroxyl groups excluding tert-OH is 1. The average Bonchev–Trinajstić information content (AvgIpc) is 3.39. The molecule has 0 bridgehead atoms. The van der Waals surface area contributed by atoms with E-state index in [9.17, 15) is 9.50 Å². The van der Waals surface area contributed by atoms with Crippen molar-refractivity contribution in [1.29, 1.82) is 0 Å². The van der Waals surface area contributed by atoms with Crippen LogP contribution in [0.4, 0.5) is 4.39 Å². The van der Waals surface area contributed by atoms with Gasteiger partial charge >= 0.3 is 0 Å². The van der Waals surface area contributed by atoms with Gasteiger partial charge in [0.1, 0.15) is 18.3 Å². The van der Waals surface area contributed by atoms with Crippen molar-refractivity contribution in [3.63, 3.8) is 0 Å². The van der Waals surface area contributed by atoms with Crippen molar-refractivity contribution in [3.05, 3.63) is 80.6 Å². The van der Waals surface area contributed by atoms with Crippen LogP contribution in [0.2, 0.25) is 0 Å². The first-order chi connectivity index (χ1) is 15.5. The molecule has 32 heavy (non-hydrogen) atoms. The van der Waals surface area contributed by atoms with Gasteiger partial charge in [-0.1, -0.05) is 30.3 Å². The minimum absolute atomic E-state index is 0.0460. The van der Waals surface area contributed by atoms with E-state index in [4.69, 9.17) is 0 Å². The molecule has 7 heteroatoms. The van der Waals surface area contributed by atoms with E-state index < -0.39 is 0 Å². The minimum Gasteiger partial charge on any atom is -0.392 e. The number of H-pyrrole nitrogens is 1. The Morgan fingerprint density at radius 3 is 2.75 bits per heavy atom. The average molecular weight is 449 g/mol. The van der Waals surface area contributed by atoms with Crippen LogP contribution in [-0.2, 0) is 13.0 Å². The summed E-state index contributed by atoms with van der Waals surface area (Å²) in [6.45, 7) is 5.34. The molecule has 0 spiro atoms. The van der Waals surface area contributed by atoms with Gasteiger partial charge < -0.3 is 20.7 Å². The third-order valence-electron chi connectivity index (χ3n) is 5.97. The summed E-state index contributed by atoms with van der Waals surface area (Å²) < 4.78 is 15.3. The van der Waals surface area contributed by atoms with Crippen molar-refractivity contribution in [3.8, 4) is 10.4 Å². The summed E-state index contributed by atoms with van der Waals surface area (Å²) in [5.74, 6) is 0.777. The zero-order chi connectivity index (χ0) is 22.2. The van der Waals surface area contributed by atoms with Crippen LogP contribution in [-0.4, -0.2) is 23.3 Å². The van der Waals surface area contributed by atoms with Crippen molar-refractivity contribution in [2.45, 2.75) is 26.9 Å². The fraction of sp³-hybridized carbons (Fsp3) is 0.240. The van der Waals surface area contributed by atoms with E-state index in [1.54, 1.807) is 11.3 Å².